The third-order valence-corrected chi connectivity index (χ3v) is 9.34. The van der Waals surface area contributed by atoms with Crippen molar-refractivity contribution in [3.63, 3.8) is 0 Å². The molecule has 4 heterocycles. The van der Waals surface area contributed by atoms with Gasteiger partial charge in [-0.25, -0.2) is 14.2 Å². The normalized spacial score (nSPS) is 15.0. The Labute approximate surface area is 263 Å². The molecule has 0 aliphatic carbocycles. The Balaban J connectivity index is 1.23. The second kappa shape index (κ2) is 13.0. The van der Waals surface area contributed by atoms with Gasteiger partial charge in [-0.2, -0.15) is 5.10 Å². The molecule has 0 N–H and O–H groups in total. The van der Waals surface area contributed by atoms with E-state index in [9.17, 15) is 9.18 Å². The van der Waals surface area contributed by atoms with Crippen LogP contribution in [0.2, 0.25) is 5.02 Å². The Morgan fingerprint density at radius 1 is 1.16 bits per heavy atom. The van der Waals surface area contributed by atoms with Crippen LogP contribution in [-0.2, 0) is 11.8 Å². The fourth-order valence-corrected chi connectivity index (χ4v) is 6.80. The van der Waals surface area contributed by atoms with Crippen LogP contribution in [-0.4, -0.2) is 69.7 Å². The van der Waals surface area contributed by atoms with Gasteiger partial charge in [-0.05, 0) is 43.5 Å². The maximum atomic E-state index is 12.8. The number of piperidine rings is 1. The number of carbonyl (C=O) groups excluding carboxylic acids is 1. The maximum Gasteiger partial charge on any atom is 0.351 e. The highest BCUT2D eigenvalue weighted by Crippen LogP contribution is 2.40. The zero-order valence-electron chi connectivity index (χ0n) is 24.7. The number of benzene rings is 2. The van der Waals surface area contributed by atoms with E-state index in [2.05, 4.69) is 15.0 Å². The summed E-state index contributed by atoms with van der Waals surface area (Å²) < 4.78 is 34.1. The van der Waals surface area contributed by atoms with Crippen LogP contribution in [0.4, 0.5) is 4.39 Å². The number of halogens is 2. The van der Waals surface area contributed by atoms with Gasteiger partial charge >= 0.3 is 5.97 Å². The average molecular weight is 638 g/mol. The summed E-state index contributed by atoms with van der Waals surface area (Å²) in [5.41, 5.74) is 4.45. The predicted octanol–water partition coefficient (Wildman–Crippen LogP) is 6.88. The molecule has 230 valence electrons. The topological polar surface area (TPSA) is 83.6 Å². The zero-order valence-corrected chi connectivity index (χ0v) is 26.3. The van der Waals surface area contributed by atoms with Crippen molar-refractivity contribution in [1.82, 2.24) is 24.2 Å². The Bertz CT molecular complexity index is 1780. The first kappa shape index (κ1) is 30.1. The van der Waals surface area contributed by atoms with E-state index in [1.807, 2.05) is 73.4 Å². The summed E-state index contributed by atoms with van der Waals surface area (Å²) in [6, 6.07) is 13.5. The van der Waals surface area contributed by atoms with Crippen LogP contribution in [0.15, 0.2) is 61.2 Å². The number of fused-ring (bicyclic) bond motifs is 1. The molecule has 5 aromatic rings. The van der Waals surface area contributed by atoms with E-state index in [4.69, 9.17) is 25.8 Å². The van der Waals surface area contributed by atoms with Crippen LogP contribution in [0.5, 0.6) is 11.5 Å². The molecule has 3 aromatic heterocycles. The Hall–Kier alpha value is -3.93. The minimum Gasteiger partial charge on any atom is -0.489 e. The van der Waals surface area contributed by atoms with E-state index in [0.717, 1.165) is 58.7 Å². The van der Waals surface area contributed by atoms with Crippen molar-refractivity contribution in [2.75, 3.05) is 33.4 Å². The van der Waals surface area contributed by atoms with E-state index < -0.39 is 12.1 Å². The number of rotatable bonds is 10. The van der Waals surface area contributed by atoms with Crippen LogP contribution in [0.25, 0.3) is 27.2 Å². The molecular formula is C32H33ClFN5O4S. The largest absolute Gasteiger partial charge is 0.489 e. The van der Waals surface area contributed by atoms with Gasteiger partial charge in [0, 0.05) is 50.1 Å². The third kappa shape index (κ3) is 6.17. The molecule has 1 unspecified atom stereocenters. The minimum atomic E-state index is -0.495. The van der Waals surface area contributed by atoms with Gasteiger partial charge in [0.1, 0.15) is 41.7 Å². The number of thiophene rings is 1. The lowest BCUT2D eigenvalue weighted by molar-refractivity contribution is 0.0600. The molecule has 1 aliphatic rings. The lowest BCUT2D eigenvalue weighted by Gasteiger charge is -2.31. The SMILES string of the molecule is COC(=O)c1sc(-n2cnc3cc(-c4cnn(C)c4)ccc32)cc1OC(C)c1cccc(OC2CCN(CCF)CC2)c1Cl. The first-order valence-corrected chi connectivity index (χ1v) is 15.6. The number of likely N-dealkylation sites (tertiary alicyclic amines) is 1. The van der Waals surface area contributed by atoms with Crippen molar-refractivity contribution in [1.29, 1.82) is 0 Å². The Kier molecular flexibility index (Phi) is 8.88. The molecule has 0 radical (unpaired) electrons. The number of hydrogen-bond donors (Lipinski definition) is 0. The molecule has 0 bridgehead atoms. The second-order valence-corrected chi connectivity index (χ2v) is 12.2. The standard InChI is InChI=1S/C32H33ClFN5O4S/c1-20(24-5-4-6-27(30(24)33)43-23-9-12-38(13-10-23)14-11-34)42-28-16-29(44-31(28)32(40)41-3)39-19-35-25-15-21(7-8-26(25)39)22-17-36-37(2)18-22/h4-8,15-20,23H,9-14H2,1-3H3. The lowest BCUT2D eigenvalue weighted by atomic mass is 10.1. The number of alkyl halides is 1. The number of ether oxygens (including phenoxy) is 3. The molecule has 6 rings (SSSR count). The summed E-state index contributed by atoms with van der Waals surface area (Å²) in [4.78, 5) is 19.9. The highest BCUT2D eigenvalue weighted by atomic mass is 35.5. The summed E-state index contributed by atoms with van der Waals surface area (Å²) in [6.07, 6.45) is 6.63. The van der Waals surface area contributed by atoms with Gasteiger partial charge in [0.15, 0.2) is 4.88 Å². The summed E-state index contributed by atoms with van der Waals surface area (Å²) in [5, 5.41) is 5.48. The summed E-state index contributed by atoms with van der Waals surface area (Å²) in [5.74, 6) is 0.480. The Morgan fingerprint density at radius 2 is 1.98 bits per heavy atom. The number of aromatic nitrogens is 4. The van der Waals surface area contributed by atoms with Gasteiger partial charge in [-0.3, -0.25) is 9.25 Å². The highest BCUT2D eigenvalue weighted by Gasteiger charge is 2.25. The van der Waals surface area contributed by atoms with Gasteiger partial charge < -0.3 is 19.1 Å². The molecule has 2 aromatic carbocycles. The van der Waals surface area contributed by atoms with Crippen LogP contribution < -0.4 is 9.47 Å². The molecule has 0 amide bonds. The van der Waals surface area contributed by atoms with E-state index in [-0.39, 0.29) is 12.8 Å². The molecule has 9 nitrogen and oxygen atoms in total. The summed E-state index contributed by atoms with van der Waals surface area (Å²) in [7, 11) is 3.23. The fourth-order valence-electron chi connectivity index (χ4n) is 5.48. The Morgan fingerprint density at radius 3 is 2.70 bits per heavy atom. The quantitative estimate of drug-likeness (QED) is 0.154. The molecule has 0 saturated carbocycles. The molecule has 1 saturated heterocycles. The number of carbonyl (C=O) groups is 1. The van der Waals surface area contributed by atoms with Gasteiger partial charge in [0.2, 0.25) is 0 Å². The van der Waals surface area contributed by atoms with Crippen molar-refractivity contribution < 1.29 is 23.4 Å². The molecule has 0 spiro atoms. The monoisotopic (exact) mass is 637 g/mol. The van der Waals surface area contributed by atoms with Crippen molar-refractivity contribution in [2.45, 2.75) is 32.0 Å². The van der Waals surface area contributed by atoms with Crippen molar-refractivity contribution in [3.05, 3.63) is 76.6 Å². The van der Waals surface area contributed by atoms with E-state index >= 15 is 0 Å². The molecule has 1 fully saturated rings. The number of nitrogens with zero attached hydrogens (tertiary/aromatic N) is 5. The molecule has 12 heteroatoms. The first-order chi connectivity index (χ1) is 21.3. The smallest absolute Gasteiger partial charge is 0.351 e. The summed E-state index contributed by atoms with van der Waals surface area (Å²) >= 11 is 8.10. The van der Waals surface area contributed by atoms with Crippen molar-refractivity contribution in [3.8, 4) is 27.6 Å². The van der Waals surface area contributed by atoms with Crippen LogP contribution in [0.1, 0.15) is 41.1 Å². The molecule has 1 atom stereocenters. The number of aryl methyl sites for hydroxylation is 1. The first-order valence-electron chi connectivity index (χ1n) is 14.4. The number of imidazole rings is 1. The van der Waals surface area contributed by atoms with E-state index in [0.29, 0.717) is 27.9 Å². The van der Waals surface area contributed by atoms with Crippen molar-refractivity contribution in [2.24, 2.45) is 7.05 Å². The zero-order chi connectivity index (χ0) is 30.8. The maximum absolute atomic E-state index is 12.8. The second-order valence-electron chi connectivity index (χ2n) is 10.8. The molecule has 44 heavy (non-hydrogen) atoms. The molecule has 1 aliphatic heterocycles. The van der Waals surface area contributed by atoms with E-state index in [1.165, 1.54) is 18.4 Å². The average Bonchev–Trinajstić information content (AvgIpc) is 3.77. The van der Waals surface area contributed by atoms with E-state index in [1.54, 1.807) is 11.0 Å². The highest BCUT2D eigenvalue weighted by molar-refractivity contribution is 7.16. The minimum absolute atomic E-state index is 0.00522. The van der Waals surface area contributed by atoms with Gasteiger partial charge in [-0.1, -0.05) is 29.8 Å². The lowest BCUT2D eigenvalue weighted by Crippen LogP contribution is -2.39. The number of hydrogen-bond acceptors (Lipinski definition) is 8. The predicted molar refractivity (Wildman–Crippen MR) is 169 cm³/mol. The van der Waals surface area contributed by atoms with Gasteiger partial charge in [0.05, 0.1) is 29.4 Å². The molecular weight excluding hydrogens is 605 g/mol. The van der Waals surface area contributed by atoms with Gasteiger partial charge in [0.25, 0.3) is 0 Å². The fraction of sp³-hybridized carbons (Fsp3) is 0.344. The van der Waals surface area contributed by atoms with Gasteiger partial charge in [-0.15, -0.1) is 11.3 Å². The third-order valence-electron chi connectivity index (χ3n) is 7.84. The number of methoxy groups -OCH3 is 1. The summed E-state index contributed by atoms with van der Waals surface area (Å²) in [6.45, 7) is 3.58. The van der Waals surface area contributed by atoms with Crippen LogP contribution >= 0.6 is 22.9 Å². The van der Waals surface area contributed by atoms with Crippen LogP contribution in [0, 0.1) is 0 Å². The number of esters is 1. The van der Waals surface area contributed by atoms with Crippen LogP contribution in [0.3, 0.4) is 0 Å². The van der Waals surface area contributed by atoms with Crippen molar-refractivity contribution >= 4 is 39.9 Å².